The molecule has 86 valence electrons. The minimum Gasteiger partial charge on any atom is -0.420 e. The molecule has 0 saturated heterocycles. The lowest BCUT2D eigenvalue weighted by Gasteiger charge is -2.34. The smallest absolute Gasteiger partial charge is 0.420 e. The van der Waals surface area contributed by atoms with Crippen LogP contribution >= 0.6 is 0 Å². The molecule has 0 aromatic carbocycles. The lowest BCUT2D eigenvalue weighted by molar-refractivity contribution is -0.283. The minimum atomic E-state index is -5.50. The second-order valence-corrected chi connectivity index (χ2v) is 8.13. The van der Waals surface area contributed by atoms with Crippen molar-refractivity contribution in [2.45, 2.75) is 37.7 Å². The highest BCUT2D eigenvalue weighted by molar-refractivity contribution is 6.72. The number of hydrogen-bond acceptors (Lipinski definition) is 1. The monoisotopic (exact) mass is 236 g/mol. The molecule has 0 spiro atoms. The third-order valence-electron chi connectivity index (χ3n) is 2.49. The van der Waals surface area contributed by atoms with Gasteiger partial charge in [-0.3, -0.25) is 0 Å². The molecular formula is C7H13F5OSi. The third-order valence-corrected chi connectivity index (χ3v) is 5.99. The SMILES string of the molecule is CO[Si](C)(C)C(C)C(F)(F)C(F)(F)F. The van der Waals surface area contributed by atoms with Crippen molar-refractivity contribution in [3.8, 4) is 0 Å². The first-order valence-electron chi connectivity index (χ1n) is 3.96. The van der Waals surface area contributed by atoms with Crippen molar-refractivity contribution in [3.63, 3.8) is 0 Å². The molecule has 0 aromatic rings. The standard InChI is InChI=1S/C7H13F5OSi/c1-5(14(3,4)13-2)6(8,9)7(10,11)12/h5H,1-4H3. The van der Waals surface area contributed by atoms with Crippen LogP contribution in [0.4, 0.5) is 22.0 Å². The Morgan fingerprint density at radius 1 is 1.07 bits per heavy atom. The number of alkyl halides is 5. The fraction of sp³-hybridized carbons (Fsp3) is 1.00. The van der Waals surface area contributed by atoms with Gasteiger partial charge in [0.15, 0.2) is 8.32 Å². The summed E-state index contributed by atoms with van der Waals surface area (Å²) in [6, 6.07) is 0. The fourth-order valence-electron chi connectivity index (χ4n) is 0.859. The van der Waals surface area contributed by atoms with E-state index in [0.717, 1.165) is 14.0 Å². The van der Waals surface area contributed by atoms with Gasteiger partial charge in [0.25, 0.3) is 0 Å². The maximum absolute atomic E-state index is 12.8. The van der Waals surface area contributed by atoms with Gasteiger partial charge in [0.05, 0.1) is 0 Å². The zero-order valence-corrected chi connectivity index (χ0v) is 9.38. The van der Waals surface area contributed by atoms with Gasteiger partial charge in [-0.2, -0.15) is 22.0 Å². The van der Waals surface area contributed by atoms with E-state index in [1.807, 2.05) is 0 Å². The summed E-state index contributed by atoms with van der Waals surface area (Å²) in [6.45, 7) is 3.54. The molecular weight excluding hydrogens is 223 g/mol. The van der Waals surface area contributed by atoms with E-state index in [0.29, 0.717) is 0 Å². The lowest BCUT2D eigenvalue weighted by Crippen LogP contribution is -2.50. The van der Waals surface area contributed by atoms with Crippen molar-refractivity contribution in [3.05, 3.63) is 0 Å². The molecule has 0 heterocycles. The van der Waals surface area contributed by atoms with E-state index in [9.17, 15) is 22.0 Å². The average molecular weight is 236 g/mol. The van der Waals surface area contributed by atoms with E-state index in [-0.39, 0.29) is 0 Å². The Labute approximate surface area is 80.4 Å². The van der Waals surface area contributed by atoms with E-state index >= 15 is 0 Å². The Morgan fingerprint density at radius 3 is 1.64 bits per heavy atom. The van der Waals surface area contributed by atoms with Gasteiger partial charge in [-0.25, -0.2) is 0 Å². The maximum atomic E-state index is 12.8. The van der Waals surface area contributed by atoms with Crippen LogP contribution in [-0.4, -0.2) is 27.5 Å². The Bertz CT molecular complexity index is 201. The summed E-state index contributed by atoms with van der Waals surface area (Å²) < 4.78 is 66.3. The first-order valence-corrected chi connectivity index (χ1v) is 6.95. The zero-order chi connectivity index (χ0) is 11.8. The summed E-state index contributed by atoms with van der Waals surface area (Å²) in [5.41, 5.74) is -1.81. The molecule has 0 aliphatic carbocycles. The molecule has 14 heavy (non-hydrogen) atoms. The van der Waals surface area contributed by atoms with E-state index in [2.05, 4.69) is 0 Å². The normalized spacial score (nSPS) is 16.9. The van der Waals surface area contributed by atoms with E-state index in [1.165, 1.54) is 13.1 Å². The van der Waals surface area contributed by atoms with Gasteiger partial charge in [0.2, 0.25) is 0 Å². The van der Waals surface area contributed by atoms with Gasteiger partial charge in [-0.05, 0) is 13.1 Å². The van der Waals surface area contributed by atoms with Gasteiger partial charge in [-0.15, -0.1) is 0 Å². The van der Waals surface area contributed by atoms with Crippen LogP contribution in [-0.2, 0) is 4.43 Å². The topological polar surface area (TPSA) is 9.23 Å². The molecule has 1 nitrogen and oxygen atoms in total. The number of halogens is 5. The fourth-order valence-corrected chi connectivity index (χ4v) is 2.25. The molecule has 0 aliphatic rings. The number of hydrogen-bond donors (Lipinski definition) is 0. The molecule has 0 radical (unpaired) electrons. The van der Waals surface area contributed by atoms with Crippen LogP contribution in [0.2, 0.25) is 18.6 Å². The third kappa shape index (κ3) is 2.44. The van der Waals surface area contributed by atoms with Crippen LogP contribution in [0.25, 0.3) is 0 Å². The van der Waals surface area contributed by atoms with Gasteiger partial charge >= 0.3 is 12.1 Å². The van der Waals surface area contributed by atoms with Crippen LogP contribution in [0.15, 0.2) is 0 Å². The minimum absolute atomic E-state index is 0.878. The van der Waals surface area contributed by atoms with Crippen molar-refractivity contribution in [2.24, 2.45) is 0 Å². The molecule has 0 N–H and O–H groups in total. The number of rotatable bonds is 3. The van der Waals surface area contributed by atoms with Crippen LogP contribution in [0, 0.1) is 0 Å². The van der Waals surface area contributed by atoms with Gasteiger partial charge < -0.3 is 4.43 Å². The Hall–Kier alpha value is -0.173. The van der Waals surface area contributed by atoms with E-state index < -0.39 is 26.0 Å². The predicted molar refractivity (Wildman–Crippen MR) is 44.9 cm³/mol. The van der Waals surface area contributed by atoms with Gasteiger partial charge in [-0.1, -0.05) is 6.92 Å². The van der Waals surface area contributed by atoms with Crippen molar-refractivity contribution < 1.29 is 26.4 Å². The zero-order valence-electron chi connectivity index (χ0n) is 8.38. The summed E-state index contributed by atoms with van der Waals surface area (Å²) in [7, 11) is -1.83. The van der Waals surface area contributed by atoms with Crippen molar-refractivity contribution in [2.75, 3.05) is 7.11 Å². The van der Waals surface area contributed by atoms with E-state index in [1.54, 1.807) is 0 Å². The van der Waals surface area contributed by atoms with Gasteiger partial charge in [0.1, 0.15) is 0 Å². The summed E-state index contributed by atoms with van der Waals surface area (Å²) in [6.07, 6.45) is -5.50. The quantitative estimate of drug-likeness (QED) is 0.539. The van der Waals surface area contributed by atoms with Crippen LogP contribution in [0.3, 0.4) is 0 Å². The molecule has 1 unspecified atom stereocenters. The van der Waals surface area contributed by atoms with E-state index in [4.69, 9.17) is 4.43 Å². The second-order valence-electron chi connectivity index (χ2n) is 3.65. The molecule has 1 atom stereocenters. The summed E-state index contributed by atoms with van der Waals surface area (Å²) in [5, 5.41) is 0. The highest BCUT2D eigenvalue weighted by Crippen LogP contribution is 2.47. The lowest BCUT2D eigenvalue weighted by atomic mass is 10.2. The average Bonchev–Trinajstić information content (AvgIpc) is 2.01. The molecule has 0 fully saturated rings. The summed E-state index contributed by atoms with van der Waals surface area (Å²) in [5.74, 6) is -4.68. The molecule has 0 aliphatic heterocycles. The molecule has 0 rings (SSSR count). The first kappa shape index (κ1) is 13.8. The Morgan fingerprint density at radius 2 is 1.43 bits per heavy atom. The van der Waals surface area contributed by atoms with Crippen LogP contribution in [0.5, 0.6) is 0 Å². The van der Waals surface area contributed by atoms with Gasteiger partial charge in [0, 0.05) is 12.7 Å². The molecule has 0 amide bonds. The molecule has 0 saturated carbocycles. The second kappa shape index (κ2) is 3.77. The summed E-state index contributed by atoms with van der Waals surface area (Å²) in [4.78, 5) is 0. The highest BCUT2D eigenvalue weighted by Gasteiger charge is 2.64. The van der Waals surface area contributed by atoms with Crippen LogP contribution in [0.1, 0.15) is 6.92 Å². The van der Waals surface area contributed by atoms with Crippen molar-refractivity contribution >= 4 is 8.32 Å². The maximum Gasteiger partial charge on any atom is 0.453 e. The largest absolute Gasteiger partial charge is 0.453 e. The first-order chi connectivity index (χ1) is 5.97. The summed E-state index contributed by atoms with van der Waals surface area (Å²) >= 11 is 0. The predicted octanol–water partition coefficient (Wildman–Crippen LogP) is 3.43. The Kier molecular flexibility index (Phi) is 3.72. The Balaban J connectivity index is 4.94. The highest BCUT2D eigenvalue weighted by atomic mass is 28.4. The van der Waals surface area contributed by atoms with Crippen molar-refractivity contribution in [1.82, 2.24) is 0 Å². The molecule has 0 bridgehead atoms. The molecule has 7 heteroatoms. The molecule has 0 aromatic heterocycles. The van der Waals surface area contributed by atoms with Crippen LogP contribution < -0.4 is 0 Å². The van der Waals surface area contributed by atoms with Crippen molar-refractivity contribution in [1.29, 1.82) is 0 Å².